The second kappa shape index (κ2) is 7.18. The van der Waals surface area contributed by atoms with E-state index in [-0.39, 0.29) is 11.8 Å². The number of nitrogens with zero attached hydrogens (tertiary/aromatic N) is 4. The first-order chi connectivity index (χ1) is 10.0. The maximum absolute atomic E-state index is 12.5. The average Bonchev–Trinajstić information content (AvgIpc) is 2.91. The summed E-state index contributed by atoms with van der Waals surface area (Å²) in [5.41, 5.74) is 0.897. The fraction of sp³-hybridized carbons (Fsp3) is 0.750. The maximum Gasteiger partial charge on any atom is 0.157 e. The van der Waals surface area contributed by atoms with Gasteiger partial charge >= 0.3 is 0 Å². The molecular formula is C16H28N4O. The molecule has 1 fully saturated rings. The molecule has 1 aliphatic rings. The van der Waals surface area contributed by atoms with Crippen LogP contribution in [0.4, 0.5) is 0 Å². The van der Waals surface area contributed by atoms with Gasteiger partial charge in [0.2, 0.25) is 0 Å². The molecule has 1 aromatic rings. The number of carbonyl (C=O) groups is 1. The summed E-state index contributed by atoms with van der Waals surface area (Å²) in [6.07, 6.45) is 4.59. The van der Waals surface area contributed by atoms with Crippen molar-refractivity contribution in [1.29, 1.82) is 0 Å². The first kappa shape index (κ1) is 16.2. The quantitative estimate of drug-likeness (QED) is 0.798. The molecule has 5 heteroatoms. The zero-order valence-corrected chi connectivity index (χ0v) is 13.7. The Labute approximate surface area is 127 Å². The summed E-state index contributed by atoms with van der Waals surface area (Å²) in [6.45, 7) is 7.16. The number of hydrogen-bond donors (Lipinski definition) is 0. The summed E-state index contributed by atoms with van der Waals surface area (Å²) in [5.74, 6) is 0.277. The van der Waals surface area contributed by atoms with Gasteiger partial charge in [-0.15, -0.1) is 0 Å². The number of rotatable bonds is 6. The van der Waals surface area contributed by atoms with Gasteiger partial charge in [-0.1, -0.05) is 13.8 Å². The molecule has 118 valence electrons. The fourth-order valence-electron chi connectivity index (χ4n) is 2.99. The van der Waals surface area contributed by atoms with Crippen molar-refractivity contribution in [2.45, 2.75) is 45.2 Å². The Hall–Kier alpha value is -1.20. The van der Waals surface area contributed by atoms with E-state index in [2.05, 4.69) is 35.8 Å². The van der Waals surface area contributed by atoms with Crippen LogP contribution < -0.4 is 0 Å². The minimum absolute atomic E-state index is 0.00190. The van der Waals surface area contributed by atoms with E-state index in [1.807, 2.05) is 24.0 Å². The van der Waals surface area contributed by atoms with Crippen molar-refractivity contribution in [3.8, 4) is 0 Å². The molecule has 0 spiro atoms. The molecule has 0 N–H and O–H groups in total. The predicted molar refractivity (Wildman–Crippen MR) is 84.5 cm³/mol. The highest BCUT2D eigenvalue weighted by atomic mass is 16.1. The van der Waals surface area contributed by atoms with Crippen molar-refractivity contribution in [1.82, 2.24) is 19.6 Å². The predicted octanol–water partition coefficient (Wildman–Crippen LogP) is 1.60. The van der Waals surface area contributed by atoms with Gasteiger partial charge in [0.25, 0.3) is 0 Å². The minimum atomic E-state index is 0.00190. The Morgan fingerprint density at radius 1 is 1.33 bits per heavy atom. The molecule has 1 saturated heterocycles. The number of piperazine rings is 1. The van der Waals surface area contributed by atoms with E-state index in [1.54, 1.807) is 0 Å². The van der Waals surface area contributed by atoms with Gasteiger partial charge < -0.3 is 4.90 Å². The molecule has 1 unspecified atom stereocenters. The van der Waals surface area contributed by atoms with Gasteiger partial charge in [0, 0.05) is 25.8 Å². The van der Waals surface area contributed by atoms with E-state index in [0.29, 0.717) is 12.5 Å². The Morgan fingerprint density at radius 3 is 2.71 bits per heavy atom. The highest BCUT2D eigenvalue weighted by molar-refractivity contribution is 5.86. The van der Waals surface area contributed by atoms with Crippen molar-refractivity contribution in [3.63, 3.8) is 0 Å². The van der Waals surface area contributed by atoms with Crippen LogP contribution in [-0.2, 0) is 11.2 Å². The van der Waals surface area contributed by atoms with Crippen LogP contribution in [0.5, 0.6) is 0 Å². The van der Waals surface area contributed by atoms with Crippen LogP contribution in [0.2, 0.25) is 0 Å². The molecule has 1 atom stereocenters. The third kappa shape index (κ3) is 3.92. The van der Waals surface area contributed by atoms with Crippen LogP contribution in [0, 0.1) is 0 Å². The molecule has 0 aromatic carbocycles. The van der Waals surface area contributed by atoms with E-state index in [0.717, 1.165) is 38.2 Å². The summed E-state index contributed by atoms with van der Waals surface area (Å²) >= 11 is 0. The van der Waals surface area contributed by atoms with Gasteiger partial charge in [-0.3, -0.25) is 14.4 Å². The van der Waals surface area contributed by atoms with Crippen LogP contribution in [0.15, 0.2) is 12.3 Å². The number of hydrogen-bond acceptors (Lipinski definition) is 4. The van der Waals surface area contributed by atoms with Gasteiger partial charge in [-0.25, -0.2) is 0 Å². The first-order valence-corrected chi connectivity index (χ1v) is 8.00. The summed E-state index contributed by atoms with van der Waals surface area (Å²) in [7, 11) is 4.12. The monoisotopic (exact) mass is 292 g/mol. The molecule has 2 heterocycles. The summed E-state index contributed by atoms with van der Waals surface area (Å²) in [4.78, 5) is 16.9. The molecule has 0 aliphatic carbocycles. The Bertz CT molecular complexity index is 467. The second-order valence-electron chi connectivity index (χ2n) is 6.16. The topological polar surface area (TPSA) is 41.4 Å². The van der Waals surface area contributed by atoms with Crippen molar-refractivity contribution >= 4 is 5.78 Å². The molecular weight excluding hydrogens is 264 g/mol. The third-order valence-electron chi connectivity index (χ3n) is 4.56. The highest BCUT2D eigenvalue weighted by Crippen LogP contribution is 2.15. The molecule has 1 aromatic heterocycles. The molecule has 1 aliphatic heterocycles. The van der Waals surface area contributed by atoms with Gasteiger partial charge in [-0.2, -0.15) is 5.10 Å². The van der Waals surface area contributed by atoms with Gasteiger partial charge in [0.1, 0.15) is 0 Å². The Morgan fingerprint density at radius 2 is 2.05 bits per heavy atom. The van der Waals surface area contributed by atoms with Crippen LogP contribution in [0.1, 0.15) is 38.4 Å². The first-order valence-electron chi connectivity index (χ1n) is 8.00. The van der Waals surface area contributed by atoms with Crippen molar-refractivity contribution in [2.24, 2.45) is 0 Å². The van der Waals surface area contributed by atoms with Gasteiger partial charge in [0.15, 0.2) is 5.78 Å². The number of ketones is 1. The second-order valence-corrected chi connectivity index (χ2v) is 6.16. The van der Waals surface area contributed by atoms with E-state index in [4.69, 9.17) is 0 Å². The van der Waals surface area contributed by atoms with Crippen molar-refractivity contribution in [3.05, 3.63) is 18.0 Å². The van der Waals surface area contributed by atoms with Gasteiger partial charge in [-0.05, 0) is 33.0 Å². The number of carbonyl (C=O) groups excluding carboxylic acids is 1. The van der Waals surface area contributed by atoms with Crippen LogP contribution in [-0.4, -0.2) is 65.1 Å². The zero-order valence-electron chi connectivity index (χ0n) is 13.7. The summed E-state index contributed by atoms with van der Waals surface area (Å²) in [6, 6.07) is 2.43. The number of aromatic nitrogens is 2. The average molecular weight is 292 g/mol. The fourth-order valence-corrected chi connectivity index (χ4v) is 2.99. The number of Topliss-reactive ketones (excluding diaryl/α,β-unsaturated/α-hetero) is 1. The maximum atomic E-state index is 12.5. The largest absolute Gasteiger partial charge is 0.303 e. The standard InChI is InChI=1S/C16H28N4O/c1-5-14(6-2)20-8-7-13(17-20)11-16(21)15-12-18(3)9-10-19(15)4/h7-8,14-15H,5-6,9-12H2,1-4H3. The number of likely N-dealkylation sites (N-methyl/N-ethyl adjacent to an activating group) is 2. The smallest absolute Gasteiger partial charge is 0.157 e. The molecule has 0 bridgehead atoms. The summed E-state index contributed by atoms with van der Waals surface area (Å²) < 4.78 is 2.01. The van der Waals surface area contributed by atoms with E-state index >= 15 is 0 Å². The van der Waals surface area contributed by atoms with Crippen molar-refractivity contribution < 1.29 is 4.79 Å². The van der Waals surface area contributed by atoms with E-state index in [9.17, 15) is 4.79 Å². The van der Waals surface area contributed by atoms with E-state index in [1.165, 1.54) is 0 Å². The zero-order chi connectivity index (χ0) is 15.4. The van der Waals surface area contributed by atoms with Crippen LogP contribution in [0.3, 0.4) is 0 Å². The SMILES string of the molecule is CCC(CC)n1ccc(CC(=O)C2CN(C)CCN2C)n1. The highest BCUT2D eigenvalue weighted by Gasteiger charge is 2.28. The van der Waals surface area contributed by atoms with Crippen LogP contribution in [0.25, 0.3) is 0 Å². The lowest BCUT2D eigenvalue weighted by molar-refractivity contribution is -0.125. The third-order valence-corrected chi connectivity index (χ3v) is 4.56. The minimum Gasteiger partial charge on any atom is -0.303 e. The Kier molecular flexibility index (Phi) is 5.53. The lowest BCUT2D eigenvalue weighted by Crippen LogP contribution is -2.53. The Balaban J connectivity index is 1.99. The lowest BCUT2D eigenvalue weighted by Gasteiger charge is -2.36. The molecule has 0 amide bonds. The van der Waals surface area contributed by atoms with Crippen LogP contribution >= 0.6 is 0 Å². The molecule has 2 rings (SSSR count). The molecule has 0 radical (unpaired) electrons. The van der Waals surface area contributed by atoms with Gasteiger partial charge in [0.05, 0.1) is 24.2 Å². The molecule has 0 saturated carbocycles. The lowest BCUT2D eigenvalue weighted by atomic mass is 10.0. The summed E-state index contributed by atoms with van der Waals surface area (Å²) in [5, 5.41) is 4.59. The van der Waals surface area contributed by atoms with Crippen molar-refractivity contribution in [2.75, 3.05) is 33.7 Å². The molecule has 21 heavy (non-hydrogen) atoms. The normalized spacial score (nSPS) is 21.1. The molecule has 5 nitrogen and oxygen atoms in total. The van der Waals surface area contributed by atoms with E-state index < -0.39 is 0 Å².